The first-order valence-electron chi connectivity index (χ1n) is 8.80. The molecule has 0 spiro atoms. The van der Waals surface area contributed by atoms with Crippen LogP contribution in [0.5, 0.6) is 6.01 Å². The maximum Gasteiger partial charge on any atom is 0.316 e. The molecule has 0 atom stereocenters. The number of hydrogen-bond donors (Lipinski definition) is 2. The van der Waals surface area contributed by atoms with E-state index in [0.717, 1.165) is 31.2 Å². The van der Waals surface area contributed by atoms with Gasteiger partial charge in [0.2, 0.25) is 0 Å². The van der Waals surface area contributed by atoms with Crippen molar-refractivity contribution in [1.82, 2.24) is 20.6 Å². The number of aromatic nitrogens is 2. The molecule has 0 unspecified atom stereocenters. The lowest BCUT2D eigenvalue weighted by molar-refractivity contribution is 0.165. The molecule has 11 heteroatoms. The number of nitrogens with one attached hydrogen (secondary N) is 2. The van der Waals surface area contributed by atoms with Crippen molar-refractivity contribution in [2.24, 2.45) is 15.0 Å². The SMILES string of the molecule is C=NC(=C\SCNC1=NCCCN1)/C(=C/SCOCc1ccnc(OC)n1)N=C. The minimum Gasteiger partial charge on any atom is -0.467 e. The summed E-state index contributed by atoms with van der Waals surface area (Å²) in [5.74, 6) is 1.92. The molecule has 29 heavy (non-hydrogen) atoms. The summed E-state index contributed by atoms with van der Waals surface area (Å²) in [5.41, 5.74) is 2.04. The Bertz CT molecular complexity index is 768. The van der Waals surface area contributed by atoms with E-state index in [9.17, 15) is 0 Å². The van der Waals surface area contributed by atoms with Crippen LogP contribution in [-0.2, 0) is 11.3 Å². The van der Waals surface area contributed by atoms with Gasteiger partial charge >= 0.3 is 6.01 Å². The van der Waals surface area contributed by atoms with E-state index in [1.807, 2.05) is 10.8 Å². The smallest absolute Gasteiger partial charge is 0.316 e. The number of ether oxygens (including phenoxy) is 2. The van der Waals surface area contributed by atoms with E-state index in [2.05, 4.69) is 49.0 Å². The van der Waals surface area contributed by atoms with Crippen LogP contribution in [0.15, 0.2) is 49.5 Å². The number of methoxy groups -OCH3 is 1. The van der Waals surface area contributed by atoms with Gasteiger partial charge in [-0.3, -0.25) is 15.0 Å². The van der Waals surface area contributed by atoms with Gasteiger partial charge in [0.25, 0.3) is 0 Å². The molecule has 2 rings (SSSR count). The summed E-state index contributed by atoms with van der Waals surface area (Å²) in [6.45, 7) is 9.39. The third kappa shape index (κ3) is 8.67. The van der Waals surface area contributed by atoms with Crippen molar-refractivity contribution in [3.05, 3.63) is 40.2 Å². The highest BCUT2D eigenvalue weighted by molar-refractivity contribution is 8.02. The van der Waals surface area contributed by atoms with Crippen LogP contribution in [-0.4, -0.2) is 61.4 Å². The molecule has 0 amide bonds. The van der Waals surface area contributed by atoms with Gasteiger partial charge in [-0.15, -0.1) is 23.5 Å². The van der Waals surface area contributed by atoms with Crippen molar-refractivity contribution in [2.45, 2.75) is 13.0 Å². The maximum atomic E-state index is 5.60. The predicted molar refractivity (Wildman–Crippen MR) is 122 cm³/mol. The van der Waals surface area contributed by atoms with Gasteiger partial charge < -0.3 is 20.1 Å². The molecule has 0 saturated carbocycles. The Morgan fingerprint density at radius 2 is 2.10 bits per heavy atom. The largest absolute Gasteiger partial charge is 0.467 e. The van der Waals surface area contributed by atoms with Crippen LogP contribution < -0.4 is 15.4 Å². The number of rotatable bonds is 12. The van der Waals surface area contributed by atoms with E-state index < -0.39 is 0 Å². The van der Waals surface area contributed by atoms with Gasteiger partial charge in [0.05, 0.1) is 42.6 Å². The van der Waals surface area contributed by atoms with Gasteiger partial charge in [-0.2, -0.15) is 4.98 Å². The summed E-state index contributed by atoms with van der Waals surface area (Å²) >= 11 is 2.99. The maximum absolute atomic E-state index is 5.60. The first kappa shape index (κ1) is 22.9. The fraction of sp³-hybridized carbons (Fsp3) is 0.389. The molecule has 0 bridgehead atoms. The molecular weight excluding hydrogens is 410 g/mol. The lowest BCUT2D eigenvalue weighted by Gasteiger charge is -2.15. The summed E-state index contributed by atoms with van der Waals surface area (Å²) in [6, 6.07) is 2.10. The fourth-order valence-electron chi connectivity index (χ4n) is 2.10. The molecule has 1 aromatic rings. The molecule has 1 aromatic heterocycles. The number of hydrogen-bond acceptors (Lipinski definition) is 11. The molecule has 0 radical (unpaired) electrons. The second kappa shape index (κ2) is 13.7. The van der Waals surface area contributed by atoms with E-state index in [4.69, 9.17) is 9.47 Å². The van der Waals surface area contributed by atoms with E-state index in [1.54, 1.807) is 24.0 Å². The summed E-state index contributed by atoms with van der Waals surface area (Å²) in [4.78, 5) is 20.6. The van der Waals surface area contributed by atoms with Crippen molar-refractivity contribution >= 4 is 42.9 Å². The van der Waals surface area contributed by atoms with Gasteiger partial charge in [0.1, 0.15) is 0 Å². The number of guanidine groups is 1. The van der Waals surface area contributed by atoms with E-state index in [-0.39, 0.29) is 0 Å². The minimum absolute atomic E-state index is 0.321. The Hall–Kier alpha value is -2.37. The molecular formula is C18H25N7O2S2. The molecule has 2 N–H and O–H groups in total. The summed E-state index contributed by atoms with van der Waals surface area (Å²) in [5, 5.41) is 10.2. The molecule has 156 valence electrons. The highest BCUT2D eigenvalue weighted by Crippen LogP contribution is 2.20. The van der Waals surface area contributed by atoms with Crippen LogP contribution >= 0.6 is 23.5 Å². The Morgan fingerprint density at radius 3 is 2.79 bits per heavy atom. The normalized spacial score (nSPS) is 14.6. The summed E-state index contributed by atoms with van der Waals surface area (Å²) in [7, 11) is 1.53. The lowest BCUT2D eigenvalue weighted by atomic mass is 10.4. The Morgan fingerprint density at radius 1 is 1.31 bits per heavy atom. The lowest BCUT2D eigenvalue weighted by Crippen LogP contribution is -2.40. The Labute approximate surface area is 179 Å². The quantitative estimate of drug-likeness (QED) is 0.223. The standard InChI is InChI=1S/C18H25N7O2S2/c1-19-15(10-28-12-24-17-21-6-4-7-22-17)16(20-2)11-29-13-27-9-14-5-8-23-18(25-14)26-3/h5,8,10-11H,1-2,4,6-7,9,12-13H2,3H3,(H2,21,22,24)/b15-10-,16-11-. The second-order valence-electron chi connectivity index (χ2n) is 5.49. The van der Waals surface area contributed by atoms with Gasteiger partial charge in [0.15, 0.2) is 5.96 Å². The van der Waals surface area contributed by atoms with Crippen LogP contribution in [0.4, 0.5) is 0 Å². The van der Waals surface area contributed by atoms with Crippen LogP contribution in [0.2, 0.25) is 0 Å². The van der Waals surface area contributed by atoms with Crippen LogP contribution in [0.25, 0.3) is 0 Å². The van der Waals surface area contributed by atoms with Gasteiger partial charge in [0, 0.05) is 30.1 Å². The van der Waals surface area contributed by atoms with Crippen molar-refractivity contribution in [1.29, 1.82) is 0 Å². The summed E-state index contributed by atoms with van der Waals surface area (Å²) in [6.07, 6.45) is 2.70. The van der Waals surface area contributed by atoms with Gasteiger partial charge in [-0.05, 0) is 25.9 Å². The molecule has 0 saturated heterocycles. The zero-order valence-electron chi connectivity index (χ0n) is 16.3. The fourth-order valence-corrected chi connectivity index (χ4v) is 3.36. The third-order valence-corrected chi connectivity index (χ3v) is 4.88. The zero-order chi connectivity index (χ0) is 20.7. The Balaban J connectivity index is 1.75. The zero-order valence-corrected chi connectivity index (χ0v) is 18.0. The van der Waals surface area contributed by atoms with E-state index in [0.29, 0.717) is 35.8 Å². The second-order valence-corrected chi connectivity index (χ2v) is 7.15. The average molecular weight is 436 g/mol. The van der Waals surface area contributed by atoms with Crippen molar-refractivity contribution in [2.75, 3.05) is 32.0 Å². The third-order valence-electron chi connectivity index (χ3n) is 3.49. The number of thioether (sulfide) groups is 2. The van der Waals surface area contributed by atoms with Crippen molar-refractivity contribution in [3.63, 3.8) is 0 Å². The Kier molecular flexibility index (Phi) is 10.9. The van der Waals surface area contributed by atoms with Gasteiger partial charge in [-0.25, -0.2) is 4.98 Å². The van der Waals surface area contributed by atoms with E-state index in [1.165, 1.54) is 18.9 Å². The predicted octanol–water partition coefficient (Wildman–Crippen LogP) is 2.41. The average Bonchev–Trinajstić information content (AvgIpc) is 2.78. The molecule has 9 nitrogen and oxygen atoms in total. The highest BCUT2D eigenvalue weighted by Gasteiger charge is 2.04. The van der Waals surface area contributed by atoms with Crippen LogP contribution in [0, 0.1) is 0 Å². The molecule has 2 heterocycles. The number of nitrogens with zero attached hydrogens (tertiary/aromatic N) is 5. The first-order valence-corrected chi connectivity index (χ1v) is 10.9. The van der Waals surface area contributed by atoms with E-state index >= 15 is 0 Å². The molecule has 0 fully saturated rings. The molecule has 0 aliphatic carbocycles. The molecule has 1 aliphatic heterocycles. The van der Waals surface area contributed by atoms with Crippen LogP contribution in [0.3, 0.4) is 0 Å². The molecule has 0 aromatic carbocycles. The number of aliphatic imine (C=N–C) groups is 3. The molecule has 1 aliphatic rings. The highest BCUT2D eigenvalue weighted by atomic mass is 32.2. The van der Waals surface area contributed by atoms with Gasteiger partial charge in [-0.1, -0.05) is 0 Å². The minimum atomic E-state index is 0.321. The monoisotopic (exact) mass is 435 g/mol. The van der Waals surface area contributed by atoms with Crippen molar-refractivity contribution < 1.29 is 9.47 Å². The summed E-state index contributed by atoms with van der Waals surface area (Å²) < 4.78 is 10.6. The topological polar surface area (TPSA) is 105 Å². The van der Waals surface area contributed by atoms with Crippen molar-refractivity contribution in [3.8, 4) is 6.01 Å². The first-order chi connectivity index (χ1) is 14.3. The van der Waals surface area contributed by atoms with Crippen LogP contribution in [0.1, 0.15) is 12.1 Å².